The van der Waals surface area contributed by atoms with Gasteiger partial charge in [-0.1, -0.05) is 29.8 Å². The molecule has 0 radical (unpaired) electrons. The first-order chi connectivity index (χ1) is 18.4. The van der Waals surface area contributed by atoms with Crippen LogP contribution in [-0.4, -0.2) is 36.5 Å². The number of anilines is 1. The number of fused-ring (bicyclic) bond motifs is 1. The van der Waals surface area contributed by atoms with Crippen molar-refractivity contribution >= 4 is 17.2 Å². The number of rotatable bonds is 6. The number of nitrogens with zero attached hydrogens (tertiary/aromatic N) is 5. The molecule has 39 heavy (non-hydrogen) atoms. The monoisotopic (exact) mass is 544 g/mol. The fraction of sp³-hybridized carbons (Fsp3) is 0.154. The molecule has 0 saturated carbocycles. The van der Waals surface area contributed by atoms with Crippen LogP contribution in [0.1, 0.15) is 27.3 Å². The number of amides is 1. The number of alkyl halides is 5. The maximum Gasteiger partial charge on any atom is 0.459 e. The van der Waals surface area contributed by atoms with E-state index in [1.54, 1.807) is 4.68 Å². The van der Waals surface area contributed by atoms with Crippen LogP contribution >= 0.6 is 0 Å². The minimum absolute atomic E-state index is 0.0892. The van der Waals surface area contributed by atoms with Crippen LogP contribution < -0.4 is 5.32 Å². The number of aryl methyl sites for hydroxylation is 1. The van der Waals surface area contributed by atoms with Crippen LogP contribution in [0.5, 0.6) is 0 Å². The van der Waals surface area contributed by atoms with Gasteiger partial charge in [0.15, 0.2) is 11.3 Å². The van der Waals surface area contributed by atoms with Gasteiger partial charge in [-0.05, 0) is 42.8 Å². The van der Waals surface area contributed by atoms with Gasteiger partial charge in [0, 0.05) is 17.8 Å². The molecule has 0 aliphatic rings. The van der Waals surface area contributed by atoms with Gasteiger partial charge in [-0.3, -0.25) is 9.48 Å². The Bertz CT molecular complexity index is 1660. The molecule has 1 amide bonds. The summed E-state index contributed by atoms with van der Waals surface area (Å²) in [5, 5.41) is 10.4. The average Bonchev–Trinajstić information content (AvgIpc) is 3.51. The Labute approximate surface area is 216 Å². The maximum absolute atomic E-state index is 14.5. The number of carbonyl (C=O) groups is 1. The number of nitrogens with one attached hydrogen (secondary N) is 1. The highest BCUT2D eigenvalue weighted by Gasteiger charge is 2.60. The van der Waals surface area contributed by atoms with Crippen LogP contribution in [0.2, 0.25) is 0 Å². The second-order valence-electron chi connectivity index (χ2n) is 8.77. The maximum atomic E-state index is 14.5. The summed E-state index contributed by atoms with van der Waals surface area (Å²) in [6, 6.07) is 13.6. The molecule has 2 aromatic carbocycles. The van der Waals surface area contributed by atoms with E-state index >= 15 is 0 Å². The second-order valence-corrected chi connectivity index (χ2v) is 8.77. The predicted molar refractivity (Wildman–Crippen MR) is 129 cm³/mol. The third-order valence-electron chi connectivity index (χ3n) is 5.83. The normalized spacial score (nSPS) is 12.2. The molecular weight excluding hydrogens is 526 g/mol. The molecule has 5 rings (SSSR count). The lowest BCUT2D eigenvalue weighted by Gasteiger charge is -2.21. The molecule has 0 spiro atoms. The molecule has 0 atom stereocenters. The van der Waals surface area contributed by atoms with Gasteiger partial charge in [0.2, 0.25) is 0 Å². The lowest BCUT2D eigenvalue weighted by Crippen LogP contribution is -2.36. The quantitative estimate of drug-likeness (QED) is 0.266. The molecule has 0 aliphatic heterocycles. The number of hydrogen-bond acceptors (Lipinski definition) is 4. The molecule has 200 valence electrons. The second kappa shape index (κ2) is 9.57. The molecule has 3 heterocycles. The zero-order valence-electron chi connectivity index (χ0n) is 20.0. The predicted octanol–water partition coefficient (Wildman–Crippen LogP) is 6.00. The Kier molecular flexibility index (Phi) is 6.36. The molecule has 0 unspecified atom stereocenters. The van der Waals surface area contributed by atoms with Crippen molar-refractivity contribution in [3.63, 3.8) is 0 Å². The molecule has 7 nitrogen and oxygen atoms in total. The van der Waals surface area contributed by atoms with Gasteiger partial charge in [0.1, 0.15) is 11.5 Å². The van der Waals surface area contributed by atoms with Crippen LogP contribution in [0.4, 0.5) is 32.0 Å². The highest BCUT2D eigenvalue weighted by Crippen LogP contribution is 2.44. The molecule has 3 aromatic heterocycles. The van der Waals surface area contributed by atoms with E-state index in [9.17, 15) is 31.1 Å². The molecule has 1 N–H and O–H groups in total. The topological polar surface area (TPSA) is 77.1 Å². The van der Waals surface area contributed by atoms with Gasteiger partial charge in [0.05, 0.1) is 24.1 Å². The van der Waals surface area contributed by atoms with E-state index in [4.69, 9.17) is 0 Å². The Hall–Kier alpha value is -4.68. The Balaban J connectivity index is 1.47. The molecule has 0 aliphatic carbocycles. The molecule has 13 heteroatoms. The van der Waals surface area contributed by atoms with E-state index in [2.05, 4.69) is 20.5 Å². The third kappa shape index (κ3) is 5.19. The average molecular weight is 544 g/mol. The number of halogens is 6. The van der Waals surface area contributed by atoms with Crippen molar-refractivity contribution in [2.45, 2.75) is 25.6 Å². The van der Waals surface area contributed by atoms with Crippen molar-refractivity contribution in [2.75, 3.05) is 5.32 Å². The summed E-state index contributed by atoms with van der Waals surface area (Å²) in [7, 11) is 0. The van der Waals surface area contributed by atoms with Crippen LogP contribution in [0, 0.1) is 12.7 Å². The SMILES string of the molecule is Cc1ccc(Cn2cc(NC(=O)c3cc4nc(-c5ccc(F)cc5)cc(C(F)(F)C(F)(F)F)n4n3)cn2)cc1. The van der Waals surface area contributed by atoms with Crippen LogP contribution in [-0.2, 0) is 12.5 Å². The van der Waals surface area contributed by atoms with Crippen molar-refractivity contribution < 1.29 is 31.1 Å². The molecule has 0 bridgehead atoms. The first-order valence-electron chi connectivity index (χ1n) is 11.4. The lowest BCUT2D eigenvalue weighted by atomic mass is 10.1. The smallest absolute Gasteiger partial charge is 0.318 e. The molecule has 0 saturated heterocycles. The van der Waals surface area contributed by atoms with E-state index < -0.39 is 40.9 Å². The molecule has 0 fully saturated rings. The molecule has 5 aromatic rings. The lowest BCUT2D eigenvalue weighted by molar-refractivity contribution is -0.291. The van der Waals surface area contributed by atoms with Gasteiger partial charge < -0.3 is 5.32 Å². The molecular formula is C26H18F6N6O. The van der Waals surface area contributed by atoms with E-state index in [-0.39, 0.29) is 21.5 Å². The first kappa shape index (κ1) is 25.9. The van der Waals surface area contributed by atoms with Gasteiger partial charge in [-0.25, -0.2) is 13.9 Å². The summed E-state index contributed by atoms with van der Waals surface area (Å²) >= 11 is 0. The van der Waals surface area contributed by atoms with E-state index in [0.29, 0.717) is 12.6 Å². The number of benzene rings is 2. The Morgan fingerprint density at radius 1 is 0.974 bits per heavy atom. The van der Waals surface area contributed by atoms with E-state index in [0.717, 1.165) is 29.3 Å². The van der Waals surface area contributed by atoms with Crippen LogP contribution in [0.25, 0.3) is 16.9 Å². The van der Waals surface area contributed by atoms with Crippen molar-refractivity contribution in [3.8, 4) is 11.3 Å². The summed E-state index contributed by atoms with van der Waals surface area (Å²) in [5.41, 5.74) is -0.329. The highest BCUT2D eigenvalue weighted by molar-refractivity contribution is 6.03. The van der Waals surface area contributed by atoms with Crippen LogP contribution in [0.15, 0.2) is 73.1 Å². The zero-order valence-corrected chi connectivity index (χ0v) is 20.0. The summed E-state index contributed by atoms with van der Waals surface area (Å²) in [5.74, 6) is -6.84. The van der Waals surface area contributed by atoms with Crippen molar-refractivity contribution in [1.82, 2.24) is 24.4 Å². The zero-order chi connectivity index (χ0) is 27.9. The summed E-state index contributed by atoms with van der Waals surface area (Å²) < 4.78 is 84.2. The minimum Gasteiger partial charge on any atom is -0.318 e. The fourth-order valence-corrected chi connectivity index (χ4v) is 3.81. The fourth-order valence-electron chi connectivity index (χ4n) is 3.81. The van der Waals surface area contributed by atoms with Gasteiger partial charge in [-0.2, -0.15) is 32.1 Å². The highest BCUT2D eigenvalue weighted by atomic mass is 19.4. The largest absolute Gasteiger partial charge is 0.459 e. The Morgan fingerprint density at radius 2 is 1.67 bits per heavy atom. The van der Waals surface area contributed by atoms with Crippen LogP contribution in [0.3, 0.4) is 0 Å². The van der Waals surface area contributed by atoms with Gasteiger partial charge in [-0.15, -0.1) is 0 Å². The van der Waals surface area contributed by atoms with Crippen molar-refractivity contribution in [3.05, 3.63) is 101 Å². The van der Waals surface area contributed by atoms with Gasteiger partial charge in [0.25, 0.3) is 5.91 Å². The van der Waals surface area contributed by atoms with Crippen molar-refractivity contribution in [2.24, 2.45) is 0 Å². The first-order valence-corrected chi connectivity index (χ1v) is 11.4. The summed E-state index contributed by atoms with van der Waals surface area (Å²) in [4.78, 5) is 16.9. The number of aromatic nitrogens is 5. The number of carbonyl (C=O) groups excluding carboxylic acids is 1. The standard InChI is InChI=1S/C26H18F6N6O/c1-15-2-4-16(5-3-15)13-37-14-19(12-33-37)34-24(39)21-11-23-35-20(17-6-8-18(27)9-7-17)10-22(38(23)36-21)25(28,29)26(30,31)32/h2-12,14H,13H2,1H3,(H,34,39). The summed E-state index contributed by atoms with van der Waals surface area (Å²) in [6.07, 6.45) is -3.07. The van der Waals surface area contributed by atoms with Crippen molar-refractivity contribution in [1.29, 1.82) is 0 Å². The summed E-state index contributed by atoms with van der Waals surface area (Å²) in [6.45, 7) is 2.37. The van der Waals surface area contributed by atoms with E-state index in [1.165, 1.54) is 24.5 Å². The Morgan fingerprint density at radius 3 is 2.33 bits per heavy atom. The van der Waals surface area contributed by atoms with E-state index in [1.807, 2.05) is 31.2 Å². The third-order valence-corrected chi connectivity index (χ3v) is 5.83. The minimum atomic E-state index is -5.96. The number of hydrogen-bond donors (Lipinski definition) is 1. The van der Waals surface area contributed by atoms with Gasteiger partial charge >= 0.3 is 12.1 Å².